The lowest BCUT2D eigenvalue weighted by molar-refractivity contribution is -0.127. The molecule has 0 saturated heterocycles. The lowest BCUT2D eigenvalue weighted by Crippen LogP contribution is -2.32. The minimum absolute atomic E-state index is 0.210. The van der Waals surface area contributed by atoms with Crippen LogP contribution in [0.5, 0.6) is 0 Å². The van der Waals surface area contributed by atoms with Crippen molar-refractivity contribution in [3.63, 3.8) is 0 Å². The van der Waals surface area contributed by atoms with Gasteiger partial charge in [-0.3, -0.25) is 4.79 Å². The molecule has 0 aromatic heterocycles. The van der Waals surface area contributed by atoms with Crippen molar-refractivity contribution in [3.05, 3.63) is 46.1 Å². The Labute approximate surface area is 133 Å². The topological polar surface area (TPSA) is 20.3 Å². The Bertz CT molecular complexity index is 501. The van der Waals surface area contributed by atoms with Crippen LogP contribution < -0.4 is 0 Å². The molecular formula is C16H20BrNOS. The van der Waals surface area contributed by atoms with E-state index in [2.05, 4.69) is 28.1 Å². The molecule has 0 heterocycles. The van der Waals surface area contributed by atoms with Crippen molar-refractivity contribution >= 4 is 33.6 Å². The number of carbonyl (C=O) groups excluding carboxylic acids is 1. The fourth-order valence-electron chi connectivity index (χ4n) is 2.41. The quantitative estimate of drug-likeness (QED) is 0.770. The Kier molecular flexibility index (Phi) is 6.17. The fraction of sp³-hybridized carbons (Fsp3) is 0.438. The van der Waals surface area contributed by atoms with Gasteiger partial charge in [0.2, 0.25) is 5.91 Å². The van der Waals surface area contributed by atoms with E-state index in [0.29, 0.717) is 12.3 Å². The summed E-state index contributed by atoms with van der Waals surface area (Å²) in [6.45, 7) is 0.659. The number of rotatable bonds is 5. The Hall–Kier alpha value is -0.740. The molecule has 0 saturated carbocycles. The van der Waals surface area contributed by atoms with Crippen molar-refractivity contribution in [2.24, 2.45) is 0 Å². The molecule has 1 aliphatic rings. The number of thioether (sulfide) groups is 1. The molecule has 0 aliphatic heterocycles. The molecule has 4 heteroatoms. The summed E-state index contributed by atoms with van der Waals surface area (Å²) in [6, 6.07) is 8.13. The van der Waals surface area contributed by atoms with E-state index in [4.69, 9.17) is 0 Å². The molecule has 0 spiro atoms. The summed E-state index contributed by atoms with van der Waals surface area (Å²) in [6.07, 6.45) is 8.75. The second-order valence-electron chi connectivity index (χ2n) is 4.95. The molecule has 2 rings (SSSR count). The molecule has 20 heavy (non-hydrogen) atoms. The van der Waals surface area contributed by atoms with Gasteiger partial charge >= 0.3 is 0 Å². The van der Waals surface area contributed by atoms with Crippen molar-refractivity contribution < 1.29 is 4.79 Å². The van der Waals surface area contributed by atoms with Crippen molar-refractivity contribution in [2.75, 3.05) is 12.0 Å². The molecule has 0 unspecified atom stereocenters. The predicted octanol–water partition coefficient (Wildman–Crippen LogP) is 4.60. The average Bonchev–Trinajstić information content (AvgIpc) is 2.47. The molecule has 0 atom stereocenters. The van der Waals surface area contributed by atoms with Crippen LogP contribution in [-0.4, -0.2) is 22.8 Å². The first kappa shape index (κ1) is 15.6. The molecular weight excluding hydrogens is 334 g/mol. The summed E-state index contributed by atoms with van der Waals surface area (Å²) in [5.41, 5.74) is 2.36. The normalized spacial score (nSPS) is 14.8. The lowest BCUT2D eigenvalue weighted by atomic mass is 10.0. The second kappa shape index (κ2) is 7.89. The van der Waals surface area contributed by atoms with Gasteiger partial charge in [-0.1, -0.05) is 40.2 Å². The Morgan fingerprint density at radius 3 is 2.80 bits per heavy atom. The maximum atomic E-state index is 12.4. The number of hydrogen-bond donors (Lipinski definition) is 0. The van der Waals surface area contributed by atoms with Crippen LogP contribution in [0.25, 0.3) is 0 Å². The first-order valence-corrected chi connectivity index (χ1v) is 9.13. The standard InChI is InChI=1S/C16H20BrNOS/c1-20-12-16(19)18(14-8-3-2-4-9-14)11-13-7-5-6-10-15(13)17/h5-8,10H,2-4,9,11-12H2,1H3. The van der Waals surface area contributed by atoms with Gasteiger partial charge < -0.3 is 4.90 Å². The van der Waals surface area contributed by atoms with Gasteiger partial charge in [0.1, 0.15) is 0 Å². The fourth-order valence-corrected chi connectivity index (χ4v) is 3.23. The van der Waals surface area contributed by atoms with Crippen LogP contribution in [0.1, 0.15) is 31.2 Å². The number of hydrogen-bond acceptors (Lipinski definition) is 2. The first-order valence-electron chi connectivity index (χ1n) is 6.94. The average molecular weight is 354 g/mol. The summed E-state index contributed by atoms with van der Waals surface area (Å²) < 4.78 is 1.07. The molecule has 0 fully saturated rings. The van der Waals surface area contributed by atoms with Crippen LogP contribution in [0, 0.1) is 0 Å². The molecule has 1 aliphatic carbocycles. The van der Waals surface area contributed by atoms with Gasteiger partial charge in [0.15, 0.2) is 0 Å². The summed E-state index contributed by atoms with van der Waals surface area (Å²) in [7, 11) is 0. The van der Waals surface area contributed by atoms with Gasteiger partial charge in [-0.15, -0.1) is 0 Å². The zero-order valence-electron chi connectivity index (χ0n) is 11.8. The predicted molar refractivity (Wildman–Crippen MR) is 89.6 cm³/mol. The number of nitrogens with zero attached hydrogens (tertiary/aromatic N) is 1. The third-order valence-electron chi connectivity index (χ3n) is 3.47. The maximum absolute atomic E-state index is 12.4. The number of halogens is 1. The van der Waals surface area contributed by atoms with Crippen LogP contribution in [-0.2, 0) is 11.3 Å². The summed E-state index contributed by atoms with van der Waals surface area (Å²) in [4.78, 5) is 14.4. The van der Waals surface area contributed by atoms with Gasteiger partial charge in [0, 0.05) is 10.2 Å². The number of amides is 1. The second-order valence-corrected chi connectivity index (χ2v) is 6.67. The van der Waals surface area contributed by atoms with E-state index < -0.39 is 0 Å². The highest BCUT2D eigenvalue weighted by atomic mass is 79.9. The molecule has 1 aromatic rings. The van der Waals surface area contributed by atoms with E-state index in [9.17, 15) is 4.79 Å². The number of allylic oxidation sites excluding steroid dienone is 2. The summed E-state index contributed by atoms with van der Waals surface area (Å²) in [5.74, 6) is 0.753. The van der Waals surface area contributed by atoms with Crippen LogP contribution in [0.4, 0.5) is 0 Å². The summed E-state index contributed by atoms with van der Waals surface area (Å²) >= 11 is 5.16. The monoisotopic (exact) mass is 353 g/mol. The Morgan fingerprint density at radius 1 is 1.35 bits per heavy atom. The van der Waals surface area contributed by atoms with E-state index in [-0.39, 0.29) is 5.91 Å². The zero-order chi connectivity index (χ0) is 14.4. The Morgan fingerprint density at radius 2 is 2.15 bits per heavy atom. The van der Waals surface area contributed by atoms with Crippen molar-refractivity contribution in [3.8, 4) is 0 Å². The highest BCUT2D eigenvalue weighted by molar-refractivity contribution is 9.10. The van der Waals surface area contributed by atoms with Gasteiger partial charge in [-0.05, 0) is 43.6 Å². The first-order chi connectivity index (χ1) is 9.72. The highest BCUT2D eigenvalue weighted by Gasteiger charge is 2.20. The summed E-state index contributed by atoms with van der Waals surface area (Å²) in [5, 5.41) is 0. The smallest absolute Gasteiger partial charge is 0.237 e. The van der Waals surface area contributed by atoms with Crippen molar-refractivity contribution in [1.29, 1.82) is 0 Å². The third kappa shape index (κ3) is 4.13. The molecule has 0 radical (unpaired) electrons. The Balaban J connectivity index is 2.20. The number of carbonyl (C=O) groups is 1. The third-order valence-corrected chi connectivity index (χ3v) is 4.78. The van der Waals surface area contributed by atoms with Gasteiger partial charge in [-0.2, -0.15) is 11.8 Å². The minimum Gasteiger partial charge on any atom is -0.311 e. The van der Waals surface area contributed by atoms with E-state index in [1.807, 2.05) is 29.4 Å². The largest absolute Gasteiger partial charge is 0.311 e. The van der Waals surface area contributed by atoms with Gasteiger partial charge in [0.05, 0.1) is 12.3 Å². The van der Waals surface area contributed by atoms with Crippen LogP contribution in [0.2, 0.25) is 0 Å². The van der Waals surface area contributed by atoms with E-state index >= 15 is 0 Å². The van der Waals surface area contributed by atoms with Gasteiger partial charge in [0.25, 0.3) is 0 Å². The maximum Gasteiger partial charge on any atom is 0.237 e. The van der Waals surface area contributed by atoms with Crippen molar-refractivity contribution in [2.45, 2.75) is 32.2 Å². The molecule has 1 aromatic carbocycles. The van der Waals surface area contributed by atoms with Crippen LogP contribution in [0.15, 0.2) is 40.5 Å². The van der Waals surface area contributed by atoms with Gasteiger partial charge in [-0.25, -0.2) is 0 Å². The zero-order valence-corrected chi connectivity index (χ0v) is 14.2. The minimum atomic E-state index is 0.210. The van der Waals surface area contributed by atoms with E-state index in [0.717, 1.165) is 22.9 Å². The SMILES string of the molecule is CSCC(=O)N(Cc1ccccc1Br)C1=CCCCC1. The van der Waals surface area contributed by atoms with E-state index in [1.165, 1.54) is 18.5 Å². The van der Waals surface area contributed by atoms with Crippen LogP contribution >= 0.6 is 27.7 Å². The molecule has 108 valence electrons. The highest BCUT2D eigenvalue weighted by Crippen LogP contribution is 2.26. The lowest BCUT2D eigenvalue weighted by Gasteiger charge is -2.28. The van der Waals surface area contributed by atoms with E-state index in [1.54, 1.807) is 11.8 Å². The molecule has 1 amide bonds. The van der Waals surface area contributed by atoms with Crippen molar-refractivity contribution in [1.82, 2.24) is 4.90 Å². The number of benzene rings is 1. The molecule has 0 N–H and O–H groups in total. The molecule has 0 bridgehead atoms. The molecule has 2 nitrogen and oxygen atoms in total. The van der Waals surface area contributed by atoms with Crippen LogP contribution in [0.3, 0.4) is 0 Å².